The maximum atomic E-state index is 9.93. The molecule has 0 aliphatic carbocycles. The summed E-state index contributed by atoms with van der Waals surface area (Å²) in [6.07, 6.45) is 0.870. The van der Waals surface area contributed by atoms with Crippen molar-refractivity contribution in [3.8, 4) is 0 Å². The van der Waals surface area contributed by atoms with Crippen LogP contribution in [-0.2, 0) is 18.3 Å². The average Bonchev–Trinajstić information content (AvgIpc) is 2.86. The van der Waals surface area contributed by atoms with Crippen LogP contribution in [0.3, 0.4) is 0 Å². The molecule has 0 aliphatic heterocycles. The van der Waals surface area contributed by atoms with E-state index in [4.69, 9.17) is 18.3 Å². The fourth-order valence-electron chi connectivity index (χ4n) is 4.98. The number of aliphatic hydroxyl groups is 1. The van der Waals surface area contributed by atoms with E-state index < -0.39 is 16.6 Å². The van der Waals surface area contributed by atoms with Crippen molar-refractivity contribution in [3.05, 3.63) is 60.7 Å². The van der Waals surface area contributed by atoms with Gasteiger partial charge in [0.15, 0.2) is 8.32 Å². The molecule has 0 fully saturated rings. The predicted octanol–water partition coefficient (Wildman–Crippen LogP) is 6.35. The molecule has 39 heavy (non-hydrogen) atoms. The van der Waals surface area contributed by atoms with Gasteiger partial charge in [-0.3, -0.25) is 0 Å². The van der Waals surface area contributed by atoms with Gasteiger partial charge in [0.25, 0.3) is 8.32 Å². The molecule has 0 heterocycles. The number of benzene rings is 2. The van der Waals surface area contributed by atoms with E-state index in [2.05, 4.69) is 122 Å². The van der Waals surface area contributed by atoms with Crippen LogP contribution in [0.15, 0.2) is 60.7 Å². The summed E-state index contributed by atoms with van der Waals surface area (Å²) in [5.41, 5.74) is 0. The van der Waals surface area contributed by atoms with Crippen molar-refractivity contribution in [1.29, 1.82) is 0 Å². The Morgan fingerprint density at radius 2 is 1.31 bits per heavy atom. The lowest BCUT2D eigenvalue weighted by Crippen LogP contribution is -2.66. The lowest BCUT2D eigenvalue weighted by atomic mass is 9.99. The number of hydrogen-bond acceptors (Lipinski definition) is 5. The minimum atomic E-state index is -2.62. The quantitative estimate of drug-likeness (QED) is 0.198. The van der Waals surface area contributed by atoms with Gasteiger partial charge >= 0.3 is 0 Å². The van der Waals surface area contributed by atoms with Gasteiger partial charge in [-0.25, -0.2) is 0 Å². The highest BCUT2D eigenvalue weighted by atomic mass is 28.4. The Bertz CT molecular complexity index is 915. The Labute approximate surface area is 240 Å². The first-order chi connectivity index (χ1) is 18.2. The molecule has 0 aromatic heterocycles. The first-order valence-electron chi connectivity index (χ1n) is 14.3. The number of hydrogen-bond donors (Lipinski definition) is 1. The molecule has 2 aromatic carbocycles. The molecule has 1 N–H and O–H groups in total. The number of ether oxygens (including phenoxy) is 2. The molecule has 0 unspecified atom stereocenters. The Morgan fingerprint density at radius 3 is 1.72 bits per heavy atom. The van der Waals surface area contributed by atoms with Crippen molar-refractivity contribution in [3.63, 3.8) is 0 Å². The third-order valence-electron chi connectivity index (χ3n) is 8.12. The van der Waals surface area contributed by atoms with Gasteiger partial charge in [-0.15, -0.1) is 0 Å². The van der Waals surface area contributed by atoms with Crippen molar-refractivity contribution in [2.75, 3.05) is 27.1 Å². The van der Waals surface area contributed by atoms with E-state index in [1.54, 1.807) is 7.11 Å². The van der Waals surface area contributed by atoms with Crippen LogP contribution in [0, 0.1) is 5.92 Å². The van der Waals surface area contributed by atoms with Crippen LogP contribution >= 0.6 is 0 Å². The minimum Gasteiger partial charge on any atom is -0.411 e. The Balaban J connectivity index is 2.36. The normalized spacial score (nSPS) is 15.7. The molecule has 0 aliphatic rings. The summed E-state index contributed by atoms with van der Waals surface area (Å²) in [5, 5.41) is 12.5. The highest BCUT2D eigenvalue weighted by Crippen LogP contribution is 2.39. The van der Waals surface area contributed by atoms with Crippen LogP contribution in [0.5, 0.6) is 0 Å². The molecule has 0 spiro atoms. The van der Waals surface area contributed by atoms with Crippen molar-refractivity contribution >= 4 is 27.0 Å². The highest BCUT2D eigenvalue weighted by molar-refractivity contribution is 6.99. The smallest absolute Gasteiger partial charge is 0.261 e. The van der Waals surface area contributed by atoms with Crippen molar-refractivity contribution in [2.45, 2.75) is 96.7 Å². The van der Waals surface area contributed by atoms with E-state index in [0.717, 1.165) is 6.42 Å². The van der Waals surface area contributed by atoms with Crippen LogP contribution in [-0.4, -0.2) is 61.1 Å². The molecule has 220 valence electrons. The standard InChI is InChI=1S/C32H54O5Si2/c1-26(23-30(35-25-34-8)29(21-22-33)37-38(9,10)31(2,3)4)24-36-39(32(5,6)7,27-17-13-11-14-18-27)28-19-15-12-16-20-28/h11-20,26,29-30,33H,21-25H2,1-10H3/t26-,29+,30+/m1/s1. The molecule has 7 heteroatoms. The molecule has 2 aromatic rings. The second kappa shape index (κ2) is 14.5. The van der Waals surface area contributed by atoms with Crippen molar-refractivity contribution < 1.29 is 23.4 Å². The molecule has 3 atom stereocenters. The Morgan fingerprint density at radius 1 is 0.795 bits per heavy atom. The zero-order valence-corrected chi connectivity index (χ0v) is 28.1. The van der Waals surface area contributed by atoms with E-state index in [1.165, 1.54) is 10.4 Å². The fourth-order valence-corrected chi connectivity index (χ4v) is 11.0. The summed E-state index contributed by atoms with van der Waals surface area (Å²) in [7, 11) is -3.06. The number of methoxy groups -OCH3 is 1. The largest absolute Gasteiger partial charge is 0.411 e. The fraction of sp³-hybridized carbons (Fsp3) is 0.625. The minimum absolute atomic E-state index is 0.0546. The van der Waals surface area contributed by atoms with E-state index >= 15 is 0 Å². The van der Waals surface area contributed by atoms with Gasteiger partial charge in [-0.2, -0.15) is 0 Å². The van der Waals surface area contributed by atoms with Gasteiger partial charge in [0.1, 0.15) is 6.79 Å². The molecule has 0 radical (unpaired) electrons. The average molecular weight is 575 g/mol. The summed E-state index contributed by atoms with van der Waals surface area (Å²) in [5.74, 6) is 0.206. The van der Waals surface area contributed by atoms with Gasteiger partial charge in [0.2, 0.25) is 0 Å². The molecule has 2 rings (SSSR count). The Kier molecular flexibility index (Phi) is 12.6. The van der Waals surface area contributed by atoms with Crippen LogP contribution in [0.4, 0.5) is 0 Å². The third kappa shape index (κ3) is 8.83. The predicted molar refractivity (Wildman–Crippen MR) is 168 cm³/mol. The monoisotopic (exact) mass is 574 g/mol. The van der Waals surface area contributed by atoms with E-state index in [1.807, 2.05) is 0 Å². The summed E-state index contributed by atoms with van der Waals surface area (Å²) < 4.78 is 25.5. The first-order valence-corrected chi connectivity index (χ1v) is 19.2. The van der Waals surface area contributed by atoms with E-state index in [-0.39, 0.29) is 41.6 Å². The number of rotatable bonds is 15. The second-order valence-corrected chi connectivity index (χ2v) is 22.4. The summed E-state index contributed by atoms with van der Waals surface area (Å²) in [6.45, 7) is 21.2. The first kappa shape index (κ1) is 33.9. The lowest BCUT2D eigenvalue weighted by Gasteiger charge is -2.44. The molecule has 0 saturated carbocycles. The van der Waals surface area contributed by atoms with Gasteiger partial charge in [-0.1, -0.05) is 109 Å². The lowest BCUT2D eigenvalue weighted by molar-refractivity contribution is -0.119. The molecular formula is C32H54O5Si2. The van der Waals surface area contributed by atoms with Crippen LogP contribution in [0.2, 0.25) is 23.2 Å². The summed E-state index contributed by atoms with van der Waals surface area (Å²) in [4.78, 5) is 0. The van der Waals surface area contributed by atoms with E-state index in [9.17, 15) is 5.11 Å². The molecule has 5 nitrogen and oxygen atoms in total. The third-order valence-corrected chi connectivity index (χ3v) is 17.6. The zero-order chi connectivity index (χ0) is 29.3. The summed E-state index contributed by atoms with van der Waals surface area (Å²) >= 11 is 0. The van der Waals surface area contributed by atoms with Gasteiger partial charge in [-0.05, 0) is 52.3 Å². The number of aliphatic hydroxyl groups excluding tert-OH is 1. The zero-order valence-electron chi connectivity index (χ0n) is 26.1. The van der Waals surface area contributed by atoms with Crippen LogP contribution < -0.4 is 10.4 Å². The van der Waals surface area contributed by atoms with Crippen LogP contribution in [0.1, 0.15) is 61.3 Å². The SMILES string of the molecule is COCO[C@@H](C[C@@H](C)CO[Si](c1ccccc1)(c1ccccc1)C(C)(C)C)[C@H](CCO)O[Si](C)(C)C(C)(C)C. The summed E-state index contributed by atoms with van der Waals surface area (Å²) in [6, 6.07) is 21.5. The molecular weight excluding hydrogens is 521 g/mol. The van der Waals surface area contributed by atoms with Gasteiger partial charge in [0, 0.05) is 20.3 Å². The molecule has 0 saturated heterocycles. The van der Waals surface area contributed by atoms with E-state index in [0.29, 0.717) is 13.0 Å². The van der Waals surface area contributed by atoms with Crippen LogP contribution in [0.25, 0.3) is 0 Å². The maximum absolute atomic E-state index is 9.93. The molecule has 0 bridgehead atoms. The van der Waals surface area contributed by atoms with Crippen molar-refractivity contribution in [2.24, 2.45) is 5.92 Å². The topological polar surface area (TPSA) is 57.2 Å². The van der Waals surface area contributed by atoms with Gasteiger partial charge < -0.3 is 23.4 Å². The van der Waals surface area contributed by atoms with Gasteiger partial charge in [0.05, 0.1) is 12.2 Å². The molecule has 0 amide bonds. The Hall–Kier alpha value is -1.33. The second-order valence-electron chi connectivity index (χ2n) is 13.4. The highest BCUT2D eigenvalue weighted by Gasteiger charge is 2.50. The van der Waals surface area contributed by atoms with Crippen molar-refractivity contribution in [1.82, 2.24) is 0 Å². The maximum Gasteiger partial charge on any atom is 0.261 e.